The molecule has 0 rings (SSSR count). The van der Waals surface area contributed by atoms with Gasteiger partial charge in [-0.2, -0.15) is 0 Å². The van der Waals surface area contributed by atoms with Gasteiger partial charge in [-0.3, -0.25) is 24.0 Å². The summed E-state index contributed by atoms with van der Waals surface area (Å²) in [4.78, 5) is 57.7. The molecule has 0 aliphatic carbocycles. The Hall–Kier alpha value is -1.97. The molecule has 0 aromatic carbocycles. The van der Waals surface area contributed by atoms with Crippen molar-refractivity contribution in [1.29, 1.82) is 0 Å². The van der Waals surface area contributed by atoms with E-state index >= 15 is 0 Å². The normalized spacial score (nSPS) is 17.6. The lowest BCUT2D eigenvalue weighted by Gasteiger charge is -2.41. The number of aliphatic hydroxyl groups excluding tert-OH is 1. The third kappa shape index (κ3) is 3.11. The van der Waals surface area contributed by atoms with E-state index in [-0.39, 0.29) is 0 Å². The monoisotopic (exact) mass is 318 g/mol. The van der Waals surface area contributed by atoms with Gasteiger partial charge >= 0.3 is 5.97 Å². The van der Waals surface area contributed by atoms with Crippen LogP contribution in [0.4, 0.5) is 0 Å². The Kier molecular flexibility index (Phi) is 6.25. The molecule has 3 atom stereocenters. The molecule has 0 radical (unpaired) electrons. The van der Waals surface area contributed by atoms with Gasteiger partial charge in [0.05, 0.1) is 6.61 Å². The number of aliphatic hydroxyl groups is 3. The topological polar surface area (TPSA) is 155 Å². The third-order valence-electron chi connectivity index (χ3n) is 3.19. The predicted molar refractivity (Wildman–Crippen MR) is 69.6 cm³/mol. The van der Waals surface area contributed by atoms with E-state index in [1.54, 1.807) is 0 Å². The first-order valence-electron chi connectivity index (χ1n) is 6.17. The minimum atomic E-state index is -3.49. The summed E-state index contributed by atoms with van der Waals surface area (Å²) in [7, 11) is 0. The van der Waals surface area contributed by atoms with E-state index in [4.69, 9.17) is 0 Å². The number of ketones is 4. The standard InChI is InChI=1S/C13H18O9/c1-6(15)11(19)13(21,8(3)17)12(20,7(2)16)10(5-14)22-9(4)18/h10,14,20-21H,5H2,1-4H3/t10-,12+,13+/m1/s1. The summed E-state index contributed by atoms with van der Waals surface area (Å²) >= 11 is 0. The van der Waals surface area contributed by atoms with Crippen LogP contribution in [0.25, 0.3) is 0 Å². The van der Waals surface area contributed by atoms with Crippen LogP contribution in [0.5, 0.6) is 0 Å². The summed E-state index contributed by atoms with van der Waals surface area (Å²) in [5.74, 6) is -6.89. The lowest BCUT2D eigenvalue weighted by Crippen LogP contribution is -2.73. The van der Waals surface area contributed by atoms with Crippen molar-refractivity contribution in [1.82, 2.24) is 0 Å². The molecule has 0 aliphatic heterocycles. The highest BCUT2D eigenvalue weighted by Crippen LogP contribution is 2.32. The van der Waals surface area contributed by atoms with Crippen molar-refractivity contribution in [3.05, 3.63) is 0 Å². The highest BCUT2D eigenvalue weighted by Gasteiger charge is 2.66. The van der Waals surface area contributed by atoms with Gasteiger partial charge in [0.15, 0.2) is 23.5 Å². The lowest BCUT2D eigenvalue weighted by molar-refractivity contribution is -0.215. The first-order chi connectivity index (χ1) is 9.87. The Morgan fingerprint density at radius 3 is 1.64 bits per heavy atom. The zero-order valence-corrected chi connectivity index (χ0v) is 12.6. The van der Waals surface area contributed by atoms with Crippen LogP contribution < -0.4 is 0 Å². The van der Waals surface area contributed by atoms with Crippen LogP contribution in [-0.2, 0) is 28.7 Å². The molecule has 0 aromatic heterocycles. The maximum Gasteiger partial charge on any atom is 0.303 e. The number of rotatable bonds is 8. The van der Waals surface area contributed by atoms with Crippen molar-refractivity contribution < 1.29 is 44.0 Å². The number of hydrogen-bond donors (Lipinski definition) is 3. The molecule has 3 N–H and O–H groups in total. The fourth-order valence-corrected chi connectivity index (χ4v) is 2.03. The Morgan fingerprint density at radius 2 is 1.41 bits per heavy atom. The van der Waals surface area contributed by atoms with Gasteiger partial charge in [-0.1, -0.05) is 0 Å². The van der Waals surface area contributed by atoms with Gasteiger partial charge in [-0.25, -0.2) is 0 Å². The van der Waals surface area contributed by atoms with E-state index in [1.165, 1.54) is 0 Å². The predicted octanol–water partition coefficient (Wildman–Crippen LogP) is -2.29. The number of Topliss-reactive ketones (excluding diaryl/α,β-unsaturated/α-hetero) is 4. The van der Waals surface area contributed by atoms with Crippen LogP contribution >= 0.6 is 0 Å². The minimum absolute atomic E-state index is 0.664. The van der Waals surface area contributed by atoms with Crippen molar-refractivity contribution in [2.45, 2.75) is 45.0 Å². The fourth-order valence-electron chi connectivity index (χ4n) is 2.03. The van der Waals surface area contributed by atoms with Crippen LogP contribution in [0.15, 0.2) is 0 Å². The Labute approximate surface area is 125 Å². The molecule has 0 aromatic rings. The smallest absolute Gasteiger partial charge is 0.303 e. The molecular weight excluding hydrogens is 300 g/mol. The second kappa shape index (κ2) is 6.86. The van der Waals surface area contributed by atoms with Gasteiger partial charge in [-0.05, 0) is 13.8 Å². The molecule has 0 aliphatic rings. The highest BCUT2D eigenvalue weighted by atomic mass is 16.6. The van der Waals surface area contributed by atoms with Gasteiger partial charge in [-0.15, -0.1) is 0 Å². The second-order valence-electron chi connectivity index (χ2n) is 4.76. The Morgan fingerprint density at radius 1 is 0.955 bits per heavy atom. The third-order valence-corrected chi connectivity index (χ3v) is 3.19. The van der Waals surface area contributed by atoms with Gasteiger partial charge < -0.3 is 20.1 Å². The Bertz CT molecular complexity index is 524. The molecule has 0 fully saturated rings. The van der Waals surface area contributed by atoms with Gasteiger partial charge in [0.25, 0.3) is 0 Å². The minimum Gasteiger partial charge on any atom is -0.456 e. The Balaban J connectivity index is 6.44. The summed E-state index contributed by atoms with van der Waals surface area (Å²) in [6.45, 7) is 1.78. The number of esters is 1. The molecule has 0 spiro atoms. The van der Waals surface area contributed by atoms with Gasteiger partial charge in [0.2, 0.25) is 17.0 Å². The molecule has 0 unspecified atom stereocenters. The molecule has 0 saturated heterocycles. The molecule has 9 heteroatoms. The van der Waals surface area contributed by atoms with E-state index in [2.05, 4.69) is 4.74 Å². The molecule has 9 nitrogen and oxygen atoms in total. The summed E-state index contributed by atoms with van der Waals surface area (Å²) in [5, 5.41) is 30.0. The lowest BCUT2D eigenvalue weighted by atomic mass is 9.70. The second-order valence-corrected chi connectivity index (χ2v) is 4.76. The molecule has 0 saturated carbocycles. The summed E-state index contributed by atoms with van der Waals surface area (Å²) < 4.78 is 4.52. The van der Waals surface area contributed by atoms with Crippen LogP contribution in [0.3, 0.4) is 0 Å². The van der Waals surface area contributed by atoms with Crippen molar-refractivity contribution in [2.24, 2.45) is 0 Å². The zero-order chi connectivity index (χ0) is 17.9. The first kappa shape index (κ1) is 20.0. The molecule has 124 valence electrons. The van der Waals surface area contributed by atoms with Gasteiger partial charge in [0.1, 0.15) is 0 Å². The first-order valence-corrected chi connectivity index (χ1v) is 6.17. The van der Waals surface area contributed by atoms with Crippen molar-refractivity contribution >= 4 is 29.1 Å². The molecular formula is C13H18O9. The molecule has 0 bridgehead atoms. The van der Waals surface area contributed by atoms with Crippen molar-refractivity contribution in [3.63, 3.8) is 0 Å². The van der Waals surface area contributed by atoms with E-state index < -0.39 is 53.0 Å². The van der Waals surface area contributed by atoms with Crippen LogP contribution in [0.1, 0.15) is 27.7 Å². The molecule has 0 amide bonds. The van der Waals surface area contributed by atoms with E-state index in [0.29, 0.717) is 13.8 Å². The summed E-state index contributed by atoms with van der Waals surface area (Å²) in [6.07, 6.45) is -2.13. The molecule has 22 heavy (non-hydrogen) atoms. The number of carbonyl (C=O) groups is 5. The van der Waals surface area contributed by atoms with Crippen molar-refractivity contribution in [3.8, 4) is 0 Å². The SMILES string of the molecule is CC(=O)O[C@H](CO)[C@@](O)(C(C)=O)[C@](O)(C(C)=O)C(=O)C(C)=O. The quantitative estimate of drug-likeness (QED) is 0.254. The summed E-state index contributed by atoms with van der Waals surface area (Å²) in [5.41, 5.74) is -6.81. The fraction of sp³-hybridized carbons (Fsp3) is 0.615. The van der Waals surface area contributed by atoms with Crippen LogP contribution in [0, 0.1) is 0 Å². The largest absolute Gasteiger partial charge is 0.456 e. The summed E-state index contributed by atoms with van der Waals surface area (Å²) in [6, 6.07) is 0. The number of hydrogen-bond acceptors (Lipinski definition) is 9. The maximum absolute atomic E-state index is 11.9. The zero-order valence-electron chi connectivity index (χ0n) is 12.6. The number of ether oxygens (including phenoxy) is 1. The van der Waals surface area contributed by atoms with Crippen LogP contribution in [0.2, 0.25) is 0 Å². The maximum atomic E-state index is 11.9. The number of carbonyl (C=O) groups excluding carboxylic acids is 5. The average Bonchev–Trinajstić information content (AvgIpc) is 2.40. The van der Waals surface area contributed by atoms with Crippen molar-refractivity contribution in [2.75, 3.05) is 6.61 Å². The van der Waals surface area contributed by atoms with E-state index in [0.717, 1.165) is 13.8 Å². The van der Waals surface area contributed by atoms with Gasteiger partial charge in [0, 0.05) is 13.8 Å². The van der Waals surface area contributed by atoms with Crippen LogP contribution in [-0.4, -0.2) is 68.3 Å². The highest BCUT2D eigenvalue weighted by molar-refractivity contribution is 6.45. The van der Waals surface area contributed by atoms with E-state index in [1.807, 2.05) is 0 Å². The average molecular weight is 318 g/mol. The van der Waals surface area contributed by atoms with E-state index in [9.17, 15) is 39.3 Å². The molecule has 0 heterocycles.